The first-order chi connectivity index (χ1) is 12.7. The lowest BCUT2D eigenvalue weighted by Crippen LogP contribution is -2.20. The van der Waals surface area contributed by atoms with Crippen LogP contribution in [0, 0.1) is 5.92 Å². The zero-order valence-electron chi connectivity index (χ0n) is 15.4. The fourth-order valence-corrected chi connectivity index (χ4v) is 3.24. The molecule has 0 aliphatic heterocycles. The van der Waals surface area contributed by atoms with E-state index in [1.807, 2.05) is 0 Å². The van der Waals surface area contributed by atoms with Crippen LogP contribution in [0.3, 0.4) is 0 Å². The van der Waals surface area contributed by atoms with Crippen molar-refractivity contribution in [2.75, 3.05) is 17.1 Å². The van der Waals surface area contributed by atoms with Crippen LogP contribution in [0.2, 0.25) is 0 Å². The number of nitrogens with one attached hydrogen (secondary N) is 3. The number of anilines is 2. The second-order valence-electron chi connectivity index (χ2n) is 6.32. The summed E-state index contributed by atoms with van der Waals surface area (Å²) in [5.41, 5.74) is 1.71. The van der Waals surface area contributed by atoms with Gasteiger partial charge in [0.25, 0.3) is 10.0 Å². The van der Waals surface area contributed by atoms with Crippen molar-refractivity contribution in [2.45, 2.75) is 25.2 Å². The molecule has 0 bridgehead atoms. The summed E-state index contributed by atoms with van der Waals surface area (Å²) in [6.45, 7) is 3.55. The fraction of sp³-hybridized carbons (Fsp3) is 0.263. The highest BCUT2D eigenvalue weighted by molar-refractivity contribution is 7.92. The molecule has 0 spiro atoms. The van der Waals surface area contributed by atoms with Crippen LogP contribution in [0.1, 0.15) is 19.4 Å². The zero-order chi connectivity index (χ0) is 20.0. The number of rotatable bonds is 7. The predicted octanol–water partition coefficient (Wildman–Crippen LogP) is 2.37. The maximum atomic E-state index is 12.5. The Morgan fingerprint density at radius 2 is 1.48 bits per heavy atom. The van der Waals surface area contributed by atoms with Crippen molar-refractivity contribution >= 4 is 33.2 Å². The van der Waals surface area contributed by atoms with Crippen molar-refractivity contribution in [2.24, 2.45) is 5.92 Å². The molecule has 2 aromatic rings. The van der Waals surface area contributed by atoms with E-state index < -0.39 is 10.0 Å². The first-order valence-electron chi connectivity index (χ1n) is 8.44. The second-order valence-corrected chi connectivity index (χ2v) is 8.00. The molecule has 2 amide bonds. The molecule has 0 aliphatic carbocycles. The van der Waals surface area contributed by atoms with Crippen LogP contribution in [0.15, 0.2) is 53.4 Å². The molecule has 0 heterocycles. The van der Waals surface area contributed by atoms with Gasteiger partial charge < -0.3 is 10.6 Å². The van der Waals surface area contributed by atoms with Gasteiger partial charge >= 0.3 is 0 Å². The summed E-state index contributed by atoms with van der Waals surface area (Å²) < 4.78 is 27.5. The maximum Gasteiger partial charge on any atom is 0.261 e. The van der Waals surface area contributed by atoms with Gasteiger partial charge in [0.05, 0.1) is 11.3 Å². The van der Waals surface area contributed by atoms with Crippen LogP contribution in [-0.2, 0) is 26.0 Å². The Bertz CT molecular complexity index is 905. The highest BCUT2D eigenvalue weighted by Crippen LogP contribution is 2.19. The summed E-state index contributed by atoms with van der Waals surface area (Å²) in [5.74, 6) is -0.421. The number of carbonyl (C=O) groups excluding carboxylic acids is 2. The molecular weight excluding hydrogens is 366 g/mol. The zero-order valence-corrected chi connectivity index (χ0v) is 16.3. The van der Waals surface area contributed by atoms with Gasteiger partial charge in [-0.1, -0.05) is 26.0 Å². The minimum Gasteiger partial charge on any atom is -0.359 e. The largest absolute Gasteiger partial charge is 0.359 e. The highest BCUT2D eigenvalue weighted by Gasteiger charge is 2.15. The molecule has 3 N–H and O–H groups in total. The van der Waals surface area contributed by atoms with Gasteiger partial charge in [-0.25, -0.2) is 8.42 Å². The van der Waals surface area contributed by atoms with Gasteiger partial charge in [-0.2, -0.15) is 0 Å². The predicted molar refractivity (Wildman–Crippen MR) is 105 cm³/mol. The van der Waals surface area contributed by atoms with E-state index in [2.05, 4.69) is 15.4 Å². The topological polar surface area (TPSA) is 104 Å². The van der Waals surface area contributed by atoms with Gasteiger partial charge in [-0.3, -0.25) is 14.3 Å². The number of hydrogen-bond donors (Lipinski definition) is 3. The van der Waals surface area contributed by atoms with E-state index >= 15 is 0 Å². The summed E-state index contributed by atoms with van der Waals surface area (Å²) in [6.07, 6.45) is 0.229. The van der Waals surface area contributed by atoms with Gasteiger partial charge in [0.2, 0.25) is 11.8 Å². The molecule has 0 radical (unpaired) electrons. The Hall–Kier alpha value is -2.87. The van der Waals surface area contributed by atoms with E-state index in [0.717, 1.165) is 5.56 Å². The average Bonchev–Trinajstić information content (AvgIpc) is 2.63. The van der Waals surface area contributed by atoms with Crippen molar-refractivity contribution in [3.8, 4) is 0 Å². The third-order valence-electron chi connectivity index (χ3n) is 3.81. The van der Waals surface area contributed by atoms with Gasteiger partial charge in [0.15, 0.2) is 0 Å². The summed E-state index contributed by atoms with van der Waals surface area (Å²) >= 11 is 0. The molecule has 0 fully saturated rings. The molecule has 0 atom stereocenters. The lowest BCUT2D eigenvalue weighted by molar-refractivity contribution is -0.120. The van der Waals surface area contributed by atoms with Crippen LogP contribution < -0.4 is 15.4 Å². The van der Waals surface area contributed by atoms with Crippen LogP contribution in [0.4, 0.5) is 11.4 Å². The van der Waals surface area contributed by atoms with Crippen LogP contribution in [0.25, 0.3) is 0 Å². The van der Waals surface area contributed by atoms with E-state index in [-0.39, 0.29) is 29.0 Å². The summed E-state index contributed by atoms with van der Waals surface area (Å²) in [7, 11) is -2.20. The Morgan fingerprint density at radius 3 is 2.00 bits per heavy atom. The van der Waals surface area contributed by atoms with Gasteiger partial charge in [-0.15, -0.1) is 0 Å². The molecule has 2 aromatic carbocycles. The number of sulfonamides is 1. The van der Waals surface area contributed by atoms with E-state index in [1.54, 1.807) is 57.3 Å². The smallest absolute Gasteiger partial charge is 0.261 e. The Balaban J connectivity index is 2.07. The Morgan fingerprint density at radius 1 is 0.926 bits per heavy atom. The number of benzene rings is 2. The van der Waals surface area contributed by atoms with Crippen LogP contribution in [-0.4, -0.2) is 27.3 Å². The lowest BCUT2D eigenvalue weighted by Gasteiger charge is -2.11. The number of amides is 2. The molecular formula is C19H23N3O4S. The van der Waals surface area contributed by atoms with Crippen molar-refractivity contribution in [3.05, 3.63) is 54.1 Å². The Kier molecular flexibility index (Phi) is 6.57. The van der Waals surface area contributed by atoms with E-state index in [4.69, 9.17) is 0 Å². The molecule has 27 heavy (non-hydrogen) atoms. The third-order valence-corrected chi connectivity index (χ3v) is 5.20. The van der Waals surface area contributed by atoms with Crippen molar-refractivity contribution < 1.29 is 18.0 Å². The Labute approximate surface area is 159 Å². The van der Waals surface area contributed by atoms with Crippen LogP contribution >= 0.6 is 0 Å². The fourth-order valence-electron chi connectivity index (χ4n) is 2.18. The number of hydrogen-bond acceptors (Lipinski definition) is 4. The lowest BCUT2D eigenvalue weighted by atomic mass is 10.1. The molecule has 0 aromatic heterocycles. The quantitative estimate of drug-likeness (QED) is 0.676. The van der Waals surface area contributed by atoms with Crippen molar-refractivity contribution in [1.82, 2.24) is 5.32 Å². The first kappa shape index (κ1) is 20.4. The minimum atomic E-state index is -3.76. The molecule has 0 aliphatic rings. The molecule has 7 nitrogen and oxygen atoms in total. The van der Waals surface area contributed by atoms with E-state index in [0.29, 0.717) is 11.4 Å². The molecule has 144 valence electrons. The van der Waals surface area contributed by atoms with Gasteiger partial charge in [-0.05, 0) is 42.0 Å². The third kappa shape index (κ3) is 5.82. The highest BCUT2D eigenvalue weighted by atomic mass is 32.2. The number of carbonyl (C=O) groups is 2. The first-order valence-corrected chi connectivity index (χ1v) is 9.93. The summed E-state index contributed by atoms with van der Waals surface area (Å²) in [5, 5.41) is 5.24. The number of likely N-dealkylation sites (N-methyl/N-ethyl adjacent to an activating group) is 1. The molecule has 0 saturated carbocycles. The summed E-state index contributed by atoms with van der Waals surface area (Å²) in [4.78, 5) is 23.1. The van der Waals surface area contributed by atoms with Crippen LogP contribution in [0.5, 0.6) is 0 Å². The van der Waals surface area contributed by atoms with Gasteiger partial charge in [0.1, 0.15) is 0 Å². The standard InChI is InChI=1S/C19H23N3O4S/c1-13(2)19(24)21-15-8-10-17(11-9-15)27(25,26)22-16-6-4-14(5-7-16)12-18(23)20-3/h4-11,13,22H,12H2,1-3H3,(H,20,23)(H,21,24). The van der Waals surface area contributed by atoms with Crippen molar-refractivity contribution in [3.63, 3.8) is 0 Å². The van der Waals surface area contributed by atoms with E-state index in [1.165, 1.54) is 12.1 Å². The second kappa shape index (κ2) is 8.68. The molecule has 0 unspecified atom stereocenters. The SMILES string of the molecule is CNC(=O)Cc1ccc(NS(=O)(=O)c2ccc(NC(=O)C(C)C)cc2)cc1. The molecule has 8 heteroatoms. The average molecular weight is 389 g/mol. The minimum absolute atomic E-state index is 0.0829. The normalized spacial score (nSPS) is 11.1. The van der Waals surface area contributed by atoms with Gasteiger partial charge in [0, 0.05) is 24.3 Å². The molecule has 0 saturated heterocycles. The van der Waals surface area contributed by atoms with E-state index in [9.17, 15) is 18.0 Å². The monoisotopic (exact) mass is 389 g/mol. The maximum absolute atomic E-state index is 12.5. The summed E-state index contributed by atoms with van der Waals surface area (Å²) in [6, 6.07) is 12.5. The van der Waals surface area contributed by atoms with Crippen molar-refractivity contribution in [1.29, 1.82) is 0 Å². The molecule has 2 rings (SSSR count).